The number of nitrogens with zero attached hydrogens (tertiary/aromatic N) is 5. The molecule has 25 heavy (non-hydrogen) atoms. The molecule has 2 aromatic rings. The van der Waals surface area contributed by atoms with E-state index in [-0.39, 0.29) is 6.61 Å². The molecule has 4 rings (SSSR count). The van der Waals surface area contributed by atoms with Gasteiger partial charge in [-0.1, -0.05) is 23.4 Å². The number of hydrogen-bond acceptors (Lipinski definition) is 5. The van der Waals surface area contributed by atoms with Gasteiger partial charge in [-0.25, -0.2) is 0 Å². The van der Waals surface area contributed by atoms with Crippen LogP contribution in [0.15, 0.2) is 36.5 Å². The van der Waals surface area contributed by atoms with E-state index < -0.39 is 0 Å². The fourth-order valence-electron chi connectivity index (χ4n) is 4.18. The summed E-state index contributed by atoms with van der Waals surface area (Å²) in [5.41, 5.74) is 2.01. The highest BCUT2D eigenvalue weighted by Crippen LogP contribution is 2.27. The minimum Gasteiger partial charge on any atom is -0.390 e. The number of hydrogen-bond donors (Lipinski definition) is 1. The smallest absolute Gasteiger partial charge is 0.108 e. The van der Waals surface area contributed by atoms with Crippen molar-refractivity contribution in [2.75, 3.05) is 31.1 Å². The van der Waals surface area contributed by atoms with E-state index in [0.29, 0.717) is 17.7 Å². The molecule has 0 amide bonds. The molecule has 1 aromatic heterocycles. The Hall–Kier alpha value is -1.92. The molecule has 0 saturated carbocycles. The maximum absolute atomic E-state index is 9.09. The highest BCUT2D eigenvalue weighted by molar-refractivity contribution is 5.47. The Bertz CT molecular complexity index is 665. The molecule has 1 aromatic carbocycles. The molecule has 2 aliphatic heterocycles. The molecule has 0 radical (unpaired) electrons. The molecule has 0 aliphatic carbocycles. The Kier molecular flexibility index (Phi) is 4.99. The summed E-state index contributed by atoms with van der Waals surface area (Å²) in [6.45, 7) is 5.56. The van der Waals surface area contributed by atoms with Gasteiger partial charge in [0.15, 0.2) is 0 Å². The predicted molar refractivity (Wildman–Crippen MR) is 97.3 cm³/mol. The lowest BCUT2D eigenvalue weighted by molar-refractivity contribution is 0.132. The molecule has 0 spiro atoms. The predicted octanol–water partition coefficient (Wildman–Crippen LogP) is 1.76. The molecule has 0 bridgehead atoms. The average molecular weight is 341 g/mol. The fraction of sp³-hybridized carbons (Fsp3) is 0.579. The van der Waals surface area contributed by atoms with E-state index in [9.17, 15) is 0 Å². The van der Waals surface area contributed by atoms with Crippen molar-refractivity contribution in [2.24, 2.45) is 5.92 Å². The molecule has 2 fully saturated rings. The largest absolute Gasteiger partial charge is 0.390 e. The molecular formula is C19H27N5O. The number of aliphatic hydroxyl groups excluding tert-OH is 1. The molecule has 2 saturated heterocycles. The first-order valence-electron chi connectivity index (χ1n) is 9.36. The summed E-state index contributed by atoms with van der Waals surface area (Å²) in [7, 11) is 0. The van der Waals surface area contributed by atoms with E-state index in [0.717, 1.165) is 19.6 Å². The Balaban J connectivity index is 1.26. The lowest BCUT2D eigenvalue weighted by Crippen LogP contribution is -2.43. The number of benzene rings is 1. The number of likely N-dealkylation sites (tertiary alicyclic amines) is 1. The van der Waals surface area contributed by atoms with Crippen LogP contribution in [0.4, 0.5) is 5.69 Å². The van der Waals surface area contributed by atoms with Gasteiger partial charge in [0.05, 0.1) is 12.8 Å². The van der Waals surface area contributed by atoms with E-state index in [1.54, 1.807) is 0 Å². The van der Waals surface area contributed by atoms with Crippen molar-refractivity contribution in [1.82, 2.24) is 19.9 Å². The maximum Gasteiger partial charge on any atom is 0.108 e. The van der Waals surface area contributed by atoms with Crippen LogP contribution in [0.3, 0.4) is 0 Å². The Morgan fingerprint density at radius 1 is 1.04 bits per heavy atom. The normalized spacial score (nSPS) is 22.6. The number of aliphatic hydroxyl groups is 1. The molecule has 1 atom stereocenters. The standard InChI is InChI=1S/C19H27N5O/c25-15-17-13-24(21-20-17)12-16-6-9-22(10-7-16)19-8-11-23(14-19)18-4-2-1-3-5-18/h1-5,13,16,19,25H,6-12,14-15H2/t19-/m1/s1. The van der Waals surface area contributed by atoms with Crippen molar-refractivity contribution in [3.63, 3.8) is 0 Å². The zero-order valence-corrected chi connectivity index (χ0v) is 14.7. The minimum absolute atomic E-state index is 0.0297. The Labute approximate surface area is 149 Å². The van der Waals surface area contributed by atoms with Crippen molar-refractivity contribution in [2.45, 2.75) is 38.5 Å². The zero-order valence-electron chi connectivity index (χ0n) is 14.7. The second-order valence-corrected chi connectivity index (χ2v) is 7.29. The van der Waals surface area contributed by atoms with Crippen LogP contribution in [0.2, 0.25) is 0 Å². The third-order valence-corrected chi connectivity index (χ3v) is 5.64. The van der Waals surface area contributed by atoms with Gasteiger partial charge in [-0.3, -0.25) is 9.58 Å². The van der Waals surface area contributed by atoms with Gasteiger partial charge in [-0.05, 0) is 50.4 Å². The summed E-state index contributed by atoms with van der Waals surface area (Å²) in [5.74, 6) is 0.663. The van der Waals surface area contributed by atoms with Crippen LogP contribution in [-0.2, 0) is 13.2 Å². The molecule has 6 heteroatoms. The van der Waals surface area contributed by atoms with Gasteiger partial charge in [0, 0.05) is 31.4 Å². The minimum atomic E-state index is -0.0297. The summed E-state index contributed by atoms with van der Waals surface area (Å²) in [6, 6.07) is 11.5. The highest BCUT2D eigenvalue weighted by atomic mass is 16.3. The van der Waals surface area contributed by atoms with E-state index >= 15 is 0 Å². The van der Waals surface area contributed by atoms with Crippen molar-refractivity contribution in [1.29, 1.82) is 0 Å². The first-order chi connectivity index (χ1) is 12.3. The van der Waals surface area contributed by atoms with Crippen LogP contribution < -0.4 is 4.90 Å². The number of piperidine rings is 1. The molecule has 1 N–H and O–H groups in total. The quantitative estimate of drug-likeness (QED) is 0.898. The third kappa shape index (κ3) is 3.85. The van der Waals surface area contributed by atoms with Crippen LogP contribution >= 0.6 is 0 Å². The summed E-state index contributed by atoms with van der Waals surface area (Å²) in [5, 5.41) is 17.2. The third-order valence-electron chi connectivity index (χ3n) is 5.64. The Morgan fingerprint density at radius 3 is 2.56 bits per heavy atom. The van der Waals surface area contributed by atoms with Crippen LogP contribution in [0, 0.1) is 5.92 Å². The second-order valence-electron chi connectivity index (χ2n) is 7.29. The van der Waals surface area contributed by atoms with Gasteiger partial charge in [-0.15, -0.1) is 5.10 Å². The van der Waals surface area contributed by atoms with E-state index in [2.05, 4.69) is 50.4 Å². The molecule has 0 unspecified atom stereocenters. The first kappa shape index (κ1) is 16.5. The number of aromatic nitrogens is 3. The topological polar surface area (TPSA) is 57.4 Å². The second kappa shape index (κ2) is 7.54. The van der Waals surface area contributed by atoms with Crippen molar-refractivity contribution >= 4 is 5.69 Å². The zero-order chi connectivity index (χ0) is 17.1. The van der Waals surface area contributed by atoms with Gasteiger partial charge in [0.1, 0.15) is 5.69 Å². The van der Waals surface area contributed by atoms with Gasteiger partial charge >= 0.3 is 0 Å². The maximum atomic E-state index is 9.09. The van der Waals surface area contributed by atoms with Gasteiger partial charge < -0.3 is 10.0 Å². The monoisotopic (exact) mass is 341 g/mol. The number of anilines is 1. The van der Waals surface area contributed by atoms with Crippen LogP contribution in [0.25, 0.3) is 0 Å². The number of para-hydroxylation sites is 1. The van der Waals surface area contributed by atoms with Crippen LogP contribution in [0.1, 0.15) is 25.0 Å². The van der Waals surface area contributed by atoms with Crippen molar-refractivity contribution in [3.8, 4) is 0 Å². The van der Waals surface area contributed by atoms with Gasteiger partial charge in [-0.2, -0.15) is 0 Å². The number of rotatable bonds is 5. The summed E-state index contributed by atoms with van der Waals surface area (Å²) in [6.07, 6.45) is 5.57. The molecular weight excluding hydrogens is 314 g/mol. The fourth-order valence-corrected chi connectivity index (χ4v) is 4.18. The van der Waals surface area contributed by atoms with E-state index in [1.807, 2.05) is 10.9 Å². The van der Waals surface area contributed by atoms with E-state index in [1.165, 1.54) is 38.0 Å². The van der Waals surface area contributed by atoms with Crippen LogP contribution in [0.5, 0.6) is 0 Å². The molecule has 6 nitrogen and oxygen atoms in total. The molecule has 2 aliphatic rings. The van der Waals surface area contributed by atoms with Gasteiger partial charge in [0.2, 0.25) is 0 Å². The Morgan fingerprint density at radius 2 is 1.84 bits per heavy atom. The molecule has 3 heterocycles. The van der Waals surface area contributed by atoms with Crippen LogP contribution in [-0.4, -0.2) is 57.2 Å². The van der Waals surface area contributed by atoms with Crippen molar-refractivity contribution < 1.29 is 5.11 Å². The first-order valence-corrected chi connectivity index (χ1v) is 9.36. The lowest BCUT2D eigenvalue weighted by atomic mass is 9.95. The lowest BCUT2D eigenvalue weighted by Gasteiger charge is -2.36. The SMILES string of the molecule is OCc1cn(CC2CCN([C@@H]3CCN(c4ccccc4)C3)CC2)nn1. The average Bonchev–Trinajstić information content (AvgIpc) is 3.33. The summed E-state index contributed by atoms with van der Waals surface area (Å²) < 4.78 is 1.89. The van der Waals surface area contributed by atoms with Gasteiger partial charge in [0.25, 0.3) is 0 Å². The summed E-state index contributed by atoms with van der Waals surface area (Å²) in [4.78, 5) is 5.20. The molecule has 134 valence electrons. The van der Waals surface area contributed by atoms with E-state index in [4.69, 9.17) is 5.11 Å². The summed E-state index contributed by atoms with van der Waals surface area (Å²) >= 11 is 0. The highest BCUT2D eigenvalue weighted by Gasteiger charge is 2.30. The van der Waals surface area contributed by atoms with Crippen molar-refractivity contribution in [3.05, 3.63) is 42.2 Å².